The second-order valence-corrected chi connectivity index (χ2v) is 27.7. The van der Waals surface area contributed by atoms with Crippen molar-refractivity contribution in [3.63, 3.8) is 0 Å². The van der Waals surface area contributed by atoms with E-state index in [0.29, 0.717) is 0 Å². The number of rotatable bonds is 9. The zero-order valence-electron chi connectivity index (χ0n) is 17.3. The third-order valence-electron chi connectivity index (χ3n) is 5.74. The highest BCUT2D eigenvalue weighted by molar-refractivity contribution is 8.96. The molecule has 0 spiro atoms. The van der Waals surface area contributed by atoms with Crippen LogP contribution in [0.25, 0.3) is 0 Å². The Hall–Kier alpha value is 1.13. The van der Waals surface area contributed by atoms with Crippen molar-refractivity contribution in [2.45, 2.75) is 116 Å². The van der Waals surface area contributed by atoms with Gasteiger partial charge in [0.15, 0.2) is 0 Å². The lowest BCUT2D eigenvalue weighted by Gasteiger charge is -2.47. The molecule has 0 radical (unpaired) electrons. The Morgan fingerprint density at radius 3 is 0.591 bits per heavy atom. The molecule has 0 N–H and O–H groups in total. The lowest BCUT2D eigenvalue weighted by Crippen LogP contribution is -2.44. The van der Waals surface area contributed by atoms with Crippen LogP contribution in [0.3, 0.4) is 0 Å². The number of hydrogen-bond donors (Lipinski definition) is 0. The highest BCUT2D eigenvalue weighted by Crippen LogP contribution is 2.61. The van der Waals surface area contributed by atoms with E-state index in [2.05, 4.69) is 104 Å². The van der Waals surface area contributed by atoms with E-state index in [1.54, 1.807) is 0 Å². The molecule has 0 aromatic heterocycles. The highest BCUT2D eigenvalue weighted by Gasteiger charge is 2.50. The van der Waals surface area contributed by atoms with Gasteiger partial charge >= 0.3 is 0 Å². The molecular weight excluding hydrogens is 337 g/mol. The fourth-order valence-electron chi connectivity index (χ4n) is 4.72. The van der Waals surface area contributed by atoms with E-state index in [-0.39, 0.29) is 0 Å². The van der Waals surface area contributed by atoms with Gasteiger partial charge < -0.3 is 0 Å². The summed E-state index contributed by atoms with van der Waals surface area (Å²) in [6.07, 6.45) is 0. The second-order valence-electron chi connectivity index (χ2n) is 8.80. The van der Waals surface area contributed by atoms with Gasteiger partial charge in [0.25, 0.3) is 0 Å². The smallest absolute Gasteiger partial charge is 0.126 e. The molecular formula is C18H42S2Si2. The maximum atomic E-state index is 2.49. The minimum atomic E-state index is -1.36. The topological polar surface area (TPSA) is 0 Å². The van der Waals surface area contributed by atoms with E-state index in [1.165, 1.54) is 0 Å². The summed E-state index contributed by atoms with van der Waals surface area (Å²) in [7, 11) is 2.08. The lowest BCUT2D eigenvalue weighted by molar-refractivity contribution is 0.850. The van der Waals surface area contributed by atoms with E-state index in [4.69, 9.17) is 0 Å². The molecule has 0 aliphatic heterocycles. The molecule has 0 bridgehead atoms. The average Bonchev–Trinajstić information content (AvgIpc) is 2.31. The van der Waals surface area contributed by atoms with E-state index in [9.17, 15) is 0 Å². The van der Waals surface area contributed by atoms with Crippen LogP contribution in [0, 0.1) is 0 Å². The molecule has 0 amide bonds. The Labute approximate surface area is 151 Å². The van der Waals surface area contributed by atoms with Crippen LogP contribution in [0.4, 0.5) is 0 Å². The SMILES string of the molecule is CC(C)[Si](SS[Si](C(C)C)(C(C)C)C(C)C)(C(C)C)C(C)C. The highest BCUT2D eigenvalue weighted by atomic mass is 33.3. The van der Waals surface area contributed by atoms with Crippen LogP contribution in [0.15, 0.2) is 0 Å². The molecule has 0 saturated carbocycles. The van der Waals surface area contributed by atoms with Gasteiger partial charge in [-0.2, -0.15) is 0 Å². The quantitative estimate of drug-likeness (QED) is 0.290. The fraction of sp³-hybridized carbons (Fsp3) is 1.00. The van der Waals surface area contributed by atoms with E-state index in [0.717, 1.165) is 33.2 Å². The summed E-state index contributed by atoms with van der Waals surface area (Å²) in [5.74, 6) is 0. The largest absolute Gasteiger partial charge is 0.138 e. The predicted octanol–water partition coefficient (Wildman–Crippen LogP) is 8.72. The lowest BCUT2D eigenvalue weighted by atomic mass is 10.5. The average molecular weight is 379 g/mol. The molecule has 4 heteroatoms. The maximum absolute atomic E-state index is 2.49. The zero-order valence-corrected chi connectivity index (χ0v) is 20.9. The Morgan fingerprint density at radius 2 is 0.500 bits per heavy atom. The molecule has 0 aliphatic carbocycles. The minimum absolute atomic E-state index is 0.850. The molecule has 0 aromatic rings. The molecule has 0 heterocycles. The van der Waals surface area contributed by atoms with Crippen molar-refractivity contribution in [2.24, 2.45) is 0 Å². The summed E-state index contributed by atoms with van der Waals surface area (Å²) >= 11 is 0. The molecule has 0 fully saturated rings. The van der Waals surface area contributed by atoms with E-state index >= 15 is 0 Å². The van der Waals surface area contributed by atoms with Gasteiger partial charge in [0, 0.05) is 0 Å². The maximum Gasteiger partial charge on any atom is 0.138 e. The molecule has 22 heavy (non-hydrogen) atoms. The molecule has 0 aromatic carbocycles. The van der Waals surface area contributed by atoms with Crippen molar-refractivity contribution in [2.75, 3.05) is 0 Å². The molecule has 134 valence electrons. The third kappa shape index (κ3) is 4.40. The monoisotopic (exact) mass is 378 g/mol. The Balaban J connectivity index is 5.66. The van der Waals surface area contributed by atoms with E-state index < -0.39 is 14.4 Å². The van der Waals surface area contributed by atoms with Gasteiger partial charge in [-0.3, -0.25) is 0 Å². The van der Waals surface area contributed by atoms with Crippen LogP contribution >= 0.6 is 20.5 Å². The van der Waals surface area contributed by atoms with Crippen molar-refractivity contribution >= 4 is 34.9 Å². The van der Waals surface area contributed by atoms with Crippen LogP contribution < -0.4 is 0 Å². The van der Waals surface area contributed by atoms with Crippen LogP contribution in [0.2, 0.25) is 33.2 Å². The zero-order chi connectivity index (χ0) is 17.9. The number of hydrogen-bond acceptors (Lipinski definition) is 2. The second kappa shape index (κ2) is 9.00. The fourth-order valence-corrected chi connectivity index (χ4v) is 39.3. The Bertz CT molecular complexity index is 247. The Kier molecular flexibility index (Phi) is 9.47. The van der Waals surface area contributed by atoms with Crippen molar-refractivity contribution in [1.82, 2.24) is 0 Å². The summed E-state index contributed by atoms with van der Waals surface area (Å²) < 4.78 is 0. The van der Waals surface area contributed by atoms with Crippen molar-refractivity contribution in [3.8, 4) is 0 Å². The van der Waals surface area contributed by atoms with Crippen LogP contribution in [0.1, 0.15) is 83.1 Å². The van der Waals surface area contributed by atoms with Crippen LogP contribution in [0.5, 0.6) is 0 Å². The van der Waals surface area contributed by atoms with Gasteiger partial charge in [0.2, 0.25) is 0 Å². The molecule has 0 rings (SSSR count). The normalized spacial score (nSPS) is 14.5. The summed E-state index contributed by atoms with van der Waals surface area (Å²) in [5.41, 5.74) is 5.10. The molecule has 0 nitrogen and oxygen atoms in total. The first-order valence-corrected chi connectivity index (χ1v) is 17.3. The van der Waals surface area contributed by atoms with Gasteiger partial charge in [0.05, 0.1) is 0 Å². The third-order valence-corrected chi connectivity index (χ3v) is 35.9. The molecule has 0 unspecified atom stereocenters. The van der Waals surface area contributed by atoms with Crippen molar-refractivity contribution in [3.05, 3.63) is 0 Å². The van der Waals surface area contributed by atoms with Gasteiger partial charge in [-0.25, -0.2) is 0 Å². The standard InChI is InChI=1S/C18H42S2Si2/c1-13(2)21(14(3)4,15(5)6)19-20-22(16(7)8,17(9)10)18(11)12/h13-18H,1-12H3. The summed E-state index contributed by atoms with van der Waals surface area (Å²) in [5, 5.41) is 0. The summed E-state index contributed by atoms with van der Waals surface area (Å²) in [4.78, 5) is 0. The predicted molar refractivity (Wildman–Crippen MR) is 117 cm³/mol. The Morgan fingerprint density at radius 1 is 0.364 bits per heavy atom. The first-order valence-electron chi connectivity index (χ1n) is 9.24. The van der Waals surface area contributed by atoms with Gasteiger partial charge in [-0.05, 0) is 33.2 Å². The minimum Gasteiger partial charge on any atom is -0.126 e. The van der Waals surface area contributed by atoms with Gasteiger partial charge in [-0.1, -0.05) is 83.1 Å². The van der Waals surface area contributed by atoms with Crippen molar-refractivity contribution in [1.29, 1.82) is 0 Å². The van der Waals surface area contributed by atoms with E-state index in [1.807, 2.05) is 0 Å². The van der Waals surface area contributed by atoms with Crippen molar-refractivity contribution < 1.29 is 0 Å². The molecule has 0 aliphatic rings. The summed E-state index contributed by atoms with van der Waals surface area (Å²) in [6, 6.07) is 0. The molecule has 0 atom stereocenters. The van der Waals surface area contributed by atoms with Gasteiger partial charge in [0.1, 0.15) is 14.4 Å². The van der Waals surface area contributed by atoms with Crippen LogP contribution in [-0.2, 0) is 0 Å². The summed E-state index contributed by atoms with van der Waals surface area (Å²) in [6.45, 7) is 29.9. The van der Waals surface area contributed by atoms with Crippen LogP contribution in [-0.4, -0.2) is 14.4 Å². The first kappa shape index (κ1) is 23.1. The molecule has 0 saturated heterocycles. The van der Waals surface area contributed by atoms with Gasteiger partial charge in [-0.15, -0.1) is 20.5 Å². The first-order chi connectivity index (χ1) is 9.87.